The molecule has 0 bridgehead atoms. The topological polar surface area (TPSA) is 75.0 Å². The molecule has 3 N–H and O–H groups in total. The lowest BCUT2D eigenvalue weighted by molar-refractivity contribution is 0.889. The zero-order chi connectivity index (χ0) is 14.8. The van der Waals surface area contributed by atoms with Gasteiger partial charge >= 0.3 is 0 Å². The van der Waals surface area contributed by atoms with Crippen LogP contribution < -0.4 is 16.2 Å². The predicted octanol–water partition coefficient (Wildman–Crippen LogP) is 2.25. The van der Waals surface area contributed by atoms with Crippen molar-refractivity contribution in [2.45, 2.75) is 6.42 Å². The second kappa shape index (κ2) is 5.57. The summed E-state index contributed by atoms with van der Waals surface area (Å²) >= 11 is 1.75. The highest BCUT2D eigenvalue weighted by atomic mass is 32.1. The quantitative estimate of drug-likeness (QED) is 0.725. The minimum Gasteiger partial charge on any atom is -0.397 e. The van der Waals surface area contributed by atoms with Crippen LogP contribution >= 0.6 is 11.3 Å². The molecule has 1 aromatic carbocycles. The summed E-state index contributed by atoms with van der Waals surface area (Å²) < 4.78 is 0. The van der Waals surface area contributed by atoms with Crippen molar-refractivity contribution < 1.29 is 0 Å². The molecule has 0 aliphatic heterocycles. The molecule has 0 spiro atoms. The first-order chi connectivity index (χ1) is 10.1. The van der Waals surface area contributed by atoms with Crippen molar-refractivity contribution in [2.75, 3.05) is 24.2 Å². The zero-order valence-corrected chi connectivity index (χ0v) is 12.5. The highest BCUT2D eigenvalue weighted by molar-refractivity contribution is 7.09. The third-order valence-electron chi connectivity index (χ3n) is 3.47. The van der Waals surface area contributed by atoms with Crippen molar-refractivity contribution in [3.05, 3.63) is 51.2 Å². The summed E-state index contributed by atoms with van der Waals surface area (Å²) in [4.78, 5) is 21.9. The number of thiophene rings is 1. The number of nitrogen functional groups attached to an aromatic ring is 1. The van der Waals surface area contributed by atoms with Crippen molar-refractivity contribution in [2.24, 2.45) is 0 Å². The van der Waals surface area contributed by atoms with Gasteiger partial charge in [0.15, 0.2) is 0 Å². The number of rotatable bonds is 4. The van der Waals surface area contributed by atoms with Crippen LogP contribution in [0.5, 0.6) is 0 Å². The Bertz CT molecular complexity index is 810. The summed E-state index contributed by atoms with van der Waals surface area (Å²) in [6.45, 7) is 0.861. The van der Waals surface area contributed by atoms with E-state index in [0.717, 1.165) is 18.7 Å². The molecule has 0 radical (unpaired) electrons. The monoisotopic (exact) mass is 300 g/mol. The van der Waals surface area contributed by atoms with E-state index in [1.165, 1.54) is 11.2 Å². The Kier molecular flexibility index (Phi) is 3.62. The molecule has 0 aliphatic rings. The Labute approximate surface area is 126 Å². The van der Waals surface area contributed by atoms with E-state index in [2.05, 4.69) is 32.4 Å². The molecule has 3 rings (SSSR count). The van der Waals surface area contributed by atoms with Gasteiger partial charge in [-0.1, -0.05) is 6.07 Å². The fourth-order valence-electron chi connectivity index (χ4n) is 2.30. The number of aromatic amines is 1. The maximum Gasteiger partial charge on any atom is 0.258 e. The smallest absolute Gasteiger partial charge is 0.258 e. The summed E-state index contributed by atoms with van der Waals surface area (Å²) in [5, 5.41) is 2.60. The number of nitrogens with one attached hydrogen (secondary N) is 1. The van der Waals surface area contributed by atoms with Crippen LogP contribution in [0, 0.1) is 0 Å². The molecule has 3 aromatic rings. The minimum absolute atomic E-state index is 0.167. The van der Waals surface area contributed by atoms with Gasteiger partial charge in [-0.05, 0) is 30.0 Å². The average Bonchev–Trinajstić information content (AvgIpc) is 2.98. The van der Waals surface area contributed by atoms with Crippen LogP contribution in [0.15, 0.2) is 40.8 Å². The lowest BCUT2D eigenvalue weighted by Gasteiger charge is -2.21. The van der Waals surface area contributed by atoms with Crippen molar-refractivity contribution >= 4 is 33.6 Å². The molecule has 0 fully saturated rings. The van der Waals surface area contributed by atoms with E-state index in [4.69, 9.17) is 5.73 Å². The van der Waals surface area contributed by atoms with Gasteiger partial charge in [0.2, 0.25) is 0 Å². The molecular formula is C15H16N4OS. The minimum atomic E-state index is -0.167. The Morgan fingerprint density at radius 1 is 1.43 bits per heavy atom. The van der Waals surface area contributed by atoms with Crippen molar-refractivity contribution in [1.29, 1.82) is 0 Å². The molecule has 0 saturated heterocycles. The molecule has 2 aromatic heterocycles. The molecule has 0 atom stereocenters. The van der Waals surface area contributed by atoms with Gasteiger partial charge in [0, 0.05) is 18.5 Å². The van der Waals surface area contributed by atoms with E-state index in [-0.39, 0.29) is 5.56 Å². The maximum atomic E-state index is 11.7. The first-order valence-electron chi connectivity index (χ1n) is 6.65. The van der Waals surface area contributed by atoms with E-state index in [1.54, 1.807) is 17.4 Å². The first kappa shape index (κ1) is 13.6. The summed E-state index contributed by atoms with van der Waals surface area (Å²) in [5.74, 6) is 0. The van der Waals surface area contributed by atoms with Crippen LogP contribution in [0.1, 0.15) is 4.88 Å². The van der Waals surface area contributed by atoms with Gasteiger partial charge in [-0.2, -0.15) is 0 Å². The molecule has 108 valence electrons. The number of nitrogens with two attached hydrogens (primary N) is 1. The Morgan fingerprint density at radius 2 is 2.29 bits per heavy atom. The van der Waals surface area contributed by atoms with Crippen LogP contribution in [-0.4, -0.2) is 23.6 Å². The first-order valence-corrected chi connectivity index (χ1v) is 7.53. The summed E-state index contributed by atoms with van der Waals surface area (Å²) in [6.07, 6.45) is 2.38. The second-order valence-electron chi connectivity index (χ2n) is 4.91. The van der Waals surface area contributed by atoms with E-state index >= 15 is 0 Å². The second-order valence-corrected chi connectivity index (χ2v) is 5.94. The molecule has 0 aliphatic carbocycles. The lowest BCUT2D eigenvalue weighted by Crippen LogP contribution is -2.21. The normalized spacial score (nSPS) is 10.9. The fourth-order valence-corrected chi connectivity index (χ4v) is 3.00. The van der Waals surface area contributed by atoms with Gasteiger partial charge in [0.05, 0.1) is 28.6 Å². The van der Waals surface area contributed by atoms with Crippen LogP contribution in [0.4, 0.5) is 11.4 Å². The van der Waals surface area contributed by atoms with Crippen molar-refractivity contribution in [1.82, 2.24) is 9.97 Å². The number of nitrogens with zero attached hydrogens (tertiary/aromatic N) is 2. The number of fused-ring (bicyclic) bond motifs is 1. The van der Waals surface area contributed by atoms with E-state index < -0.39 is 0 Å². The third kappa shape index (κ3) is 2.75. The van der Waals surface area contributed by atoms with Gasteiger partial charge in [-0.3, -0.25) is 4.79 Å². The molecule has 2 heterocycles. The lowest BCUT2D eigenvalue weighted by atomic mass is 10.1. The molecular weight excluding hydrogens is 284 g/mol. The molecule has 0 unspecified atom stereocenters. The van der Waals surface area contributed by atoms with Crippen LogP contribution in [-0.2, 0) is 6.42 Å². The molecule has 5 nitrogen and oxygen atoms in total. The molecule has 6 heteroatoms. The highest BCUT2D eigenvalue weighted by Crippen LogP contribution is 2.26. The number of hydrogen-bond donors (Lipinski definition) is 2. The highest BCUT2D eigenvalue weighted by Gasteiger charge is 2.10. The third-order valence-corrected chi connectivity index (χ3v) is 4.41. The zero-order valence-electron chi connectivity index (χ0n) is 11.7. The largest absolute Gasteiger partial charge is 0.397 e. The predicted molar refractivity (Wildman–Crippen MR) is 88.1 cm³/mol. The number of H-pyrrole nitrogens is 1. The fraction of sp³-hybridized carbons (Fsp3) is 0.200. The molecule has 0 amide bonds. The number of aromatic nitrogens is 2. The molecule has 21 heavy (non-hydrogen) atoms. The van der Waals surface area contributed by atoms with Crippen molar-refractivity contribution in [3.63, 3.8) is 0 Å². The maximum absolute atomic E-state index is 11.7. The summed E-state index contributed by atoms with van der Waals surface area (Å²) in [7, 11) is 2.00. The standard InChI is InChI=1S/C15H16N4OS/c1-19(5-4-10-3-2-6-21-10)14-8-13-11(7-12(14)16)15(20)18-9-17-13/h2-3,6-9H,4-5,16H2,1H3,(H,17,18,20). The summed E-state index contributed by atoms with van der Waals surface area (Å²) in [6, 6.07) is 7.75. The average molecular weight is 300 g/mol. The van der Waals surface area contributed by atoms with Gasteiger partial charge in [-0.15, -0.1) is 11.3 Å². The summed E-state index contributed by atoms with van der Waals surface area (Å²) in [5.41, 5.74) is 8.07. The van der Waals surface area contributed by atoms with Gasteiger partial charge in [0.1, 0.15) is 0 Å². The number of likely N-dealkylation sites (N-methyl/N-ethyl adjacent to an activating group) is 1. The van der Waals surface area contributed by atoms with Crippen LogP contribution in [0.25, 0.3) is 10.9 Å². The van der Waals surface area contributed by atoms with Crippen molar-refractivity contribution in [3.8, 4) is 0 Å². The van der Waals surface area contributed by atoms with Gasteiger partial charge in [-0.25, -0.2) is 4.98 Å². The van der Waals surface area contributed by atoms with E-state index in [0.29, 0.717) is 16.6 Å². The Morgan fingerprint density at radius 3 is 3.05 bits per heavy atom. The van der Waals surface area contributed by atoms with E-state index in [1.807, 2.05) is 13.1 Å². The number of benzene rings is 1. The Hall–Kier alpha value is -2.34. The number of hydrogen-bond acceptors (Lipinski definition) is 5. The van der Waals surface area contributed by atoms with Gasteiger partial charge in [0.25, 0.3) is 5.56 Å². The van der Waals surface area contributed by atoms with Gasteiger partial charge < -0.3 is 15.6 Å². The molecule has 0 saturated carbocycles. The van der Waals surface area contributed by atoms with Crippen LogP contribution in [0.2, 0.25) is 0 Å². The Balaban J connectivity index is 1.89. The van der Waals surface area contributed by atoms with E-state index in [9.17, 15) is 4.79 Å². The SMILES string of the molecule is CN(CCc1cccs1)c1cc2nc[nH]c(=O)c2cc1N. The van der Waals surface area contributed by atoms with Crippen LogP contribution in [0.3, 0.4) is 0 Å². The number of anilines is 2.